The van der Waals surface area contributed by atoms with Crippen LogP contribution >= 0.6 is 0 Å². The summed E-state index contributed by atoms with van der Waals surface area (Å²) in [5.74, 6) is 0.289. The molecule has 2 aromatic carbocycles. The number of rotatable bonds is 3. The maximum absolute atomic E-state index is 12.7. The molecule has 30 heavy (non-hydrogen) atoms. The van der Waals surface area contributed by atoms with E-state index >= 15 is 0 Å². The molecule has 2 N–H and O–H groups in total. The first-order valence-electron chi connectivity index (χ1n) is 10.5. The van der Waals surface area contributed by atoms with Gasteiger partial charge in [-0.25, -0.2) is 4.79 Å². The molecular weight excluding hydrogens is 376 g/mol. The number of hydrogen-bond donors (Lipinski definition) is 2. The lowest BCUT2D eigenvalue weighted by atomic mass is 9.62. The van der Waals surface area contributed by atoms with E-state index in [0.717, 1.165) is 32.5 Å². The van der Waals surface area contributed by atoms with Crippen molar-refractivity contribution in [3.05, 3.63) is 59.7 Å². The lowest BCUT2D eigenvalue weighted by Crippen LogP contribution is -2.64. The smallest absolute Gasteiger partial charge is 0.321 e. The highest BCUT2D eigenvalue weighted by Gasteiger charge is 2.54. The summed E-state index contributed by atoms with van der Waals surface area (Å²) in [5.41, 5.74) is 2.69. The highest BCUT2D eigenvalue weighted by molar-refractivity contribution is 5.89. The molecule has 2 fully saturated rings. The Labute approximate surface area is 177 Å². The molecule has 6 nitrogen and oxygen atoms in total. The van der Waals surface area contributed by atoms with E-state index in [-0.39, 0.29) is 17.2 Å². The SMILES string of the molecule is CC(C)N1CC2(CCN(C(=O)Nc3ccc(C#N)cc3)CC2)C1c1ccc(O)cc1. The monoisotopic (exact) mass is 404 g/mol. The first-order valence-corrected chi connectivity index (χ1v) is 10.5. The van der Waals surface area contributed by atoms with Crippen molar-refractivity contribution in [3.63, 3.8) is 0 Å². The summed E-state index contributed by atoms with van der Waals surface area (Å²) in [6.45, 7) is 6.94. The van der Waals surface area contributed by atoms with Crippen LogP contribution in [0.5, 0.6) is 5.75 Å². The molecule has 1 unspecified atom stereocenters. The van der Waals surface area contributed by atoms with E-state index in [1.165, 1.54) is 5.56 Å². The van der Waals surface area contributed by atoms with E-state index in [1.54, 1.807) is 36.4 Å². The van der Waals surface area contributed by atoms with Crippen molar-refractivity contribution in [2.24, 2.45) is 5.41 Å². The molecular formula is C24H28N4O2. The second kappa shape index (κ2) is 8.00. The molecule has 2 amide bonds. The largest absolute Gasteiger partial charge is 0.508 e. The number of amides is 2. The van der Waals surface area contributed by atoms with Crippen LogP contribution in [-0.4, -0.2) is 46.6 Å². The van der Waals surface area contributed by atoms with Gasteiger partial charge in [0, 0.05) is 42.8 Å². The van der Waals surface area contributed by atoms with Crippen LogP contribution in [0.25, 0.3) is 0 Å². The molecule has 0 radical (unpaired) electrons. The number of nitriles is 1. The Balaban J connectivity index is 1.42. The van der Waals surface area contributed by atoms with Crippen LogP contribution in [0.3, 0.4) is 0 Å². The van der Waals surface area contributed by atoms with Crippen LogP contribution in [0, 0.1) is 16.7 Å². The maximum Gasteiger partial charge on any atom is 0.321 e. The van der Waals surface area contributed by atoms with E-state index < -0.39 is 0 Å². The number of anilines is 1. The fourth-order valence-electron chi connectivity index (χ4n) is 4.88. The zero-order valence-corrected chi connectivity index (χ0v) is 17.5. The molecule has 6 heteroatoms. The molecule has 0 aromatic heterocycles. The van der Waals surface area contributed by atoms with Crippen LogP contribution in [0.2, 0.25) is 0 Å². The number of carbonyl (C=O) groups is 1. The van der Waals surface area contributed by atoms with Gasteiger partial charge in [-0.15, -0.1) is 0 Å². The lowest BCUT2D eigenvalue weighted by Gasteiger charge is -2.62. The first-order chi connectivity index (χ1) is 14.4. The molecule has 0 bridgehead atoms. The quantitative estimate of drug-likeness (QED) is 0.797. The average molecular weight is 405 g/mol. The summed E-state index contributed by atoms with van der Waals surface area (Å²) in [5, 5.41) is 21.5. The van der Waals surface area contributed by atoms with Gasteiger partial charge in [0.1, 0.15) is 5.75 Å². The minimum absolute atomic E-state index is 0.0872. The predicted molar refractivity (Wildman–Crippen MR) is 116 cm³/mol. The molecule has 1 spiro atoms. The second-order valence-corrected chi connectivity index (χ2v) is 8.73. The minimum atomic E-state index is -0.0872. The first kappa shape index (κ1) is 20.2. The number of nitrogens with zero attached hydrogens (tertiary/aromatic N) is 3. The number of piperidine rings is 1. The number of aromatic hydroxyl groups is 1. The van der Waals surface area contributed by atoms with Gasteiger partial charge in [0.15, 0.2) is 0 Å². The molecule has 0 aliphatic carbocycles. The molecule has 2 heterocycles. The van der Waals surface area contributed by atoms with Gasteiger partial charge >= 0.3 is 6.03 Å². The summed E-state index contributed by atoms with van der Waals surface area (Å²) in [6, 6.07) is 17.3. The zero-order chi connectivity index (χ0) is 21.3. The van der Waals surface area contributed by atoms with Crippen LogP contribution < -0.4 is 5.32 Å². The fourth-order valence-corrected chi connectivity index (χ4v) is 4.88. The van der Waals surface area contributed by atoms with E-state index in [4.69, 9.17) is 5.26 Å². The van der Waals surface area contributed by atoms with Crippen molar-refractivity contribution in [1.82, 2.24) is 9.80 Å². The Morgan fingerprint density at radius 3 is 2.33 bits per heavy atom. The molecule has 2 aliphatic heterocycles. The van der Waals surface area contributed by atoms with Crippen LogP contribution in [0.1, 0.15) is 43.9 Å². The Kier molecular flexibility index (Phi) is 5.40. The third kappa shape index (κ3) is 3.73. The van der Waals surface area contributed by atoms with Gasteiger partial charge < -0.3 is 15.3 Å². The number of hydrogen-bond acceptors (Lipinski definition) is 4. The van der Waals surface area contributed by atoms with Crippen molar-refractivity contribution in [1.29, 1.82) is 5.26 Å². The molecule has 0 saturated carbocycles. The molecule has 4 rings (SSSR count). The number of benzene rings is 2. The van der Waals surface area contributed by atoms with E-state index in [9.17, 15) is 9.90 Å². The van der Waals surface area contributed by atoms with E-state index in [2.05, 4.69) is 30.1 Å². The predicted octanol–water partition coefficient (Wildman–Crippen LogP) is 4.34. The summed E-state index contributed by atoms with van der Waals surface area (Å²) >= 11 is 0. The Bertz CT molecular complexity index is 939. The Morgan fingerprint density at radius 1 is 1.13 bits per heavy atom. The number of nitrogens with one attached hydrogen (secondary N) is 1. The number of carbonyl (C=O) groups excluding carboxylic acids is 1. The number of urea groups is 1. The standard InChI is InChI=1S/C24H28N4O2/c1-17(2)28-16-24(22(28)19-5-9-21(29)10-6-19)11-13-27(14-12-24)23(30)26-20-7-3-18(15-25)4-8-20/h3-10,17,22,29H,11-14,16H2,1-2H3,(H,26,30). The van der Waals surface area contributed by atoms with Gasteiger partial charge in [0.05, 0.1) is 11.6 Å². The molecule has 2 aliphatic rings. The summed E-state index contributed by atoms with van der Waals surface area (Å²) in [4.78, 5) is 17.1. The number of phenolic OH excluding ortho intramolecular Hbond substituents is 1. The minimum Gasteiger partial charge on any atom is -0.508 e. The molecule has 2 saturated heterocycles. The Hall–Kier alpha value is -3.04. The Morgan fingerprint density at radius 2 is 1.77 bits per heavy atom. The fraction of sp³-hybridized carbons (Fsp3) is 0.417. The molecule has 2 aromatic rings. The van der Waals surface area contributed by atoms with E-state index in [0.29, 0.717) is 23.3 Å². The number of phenols is 1. The normalized spacial score (nSPS) is 20.6. The highest BCUT2D eigenvalue weighted by atomic mass is 16.3. The number of likely N-dealkylation sites (tertiary alicyclic amines) is 2. The van der Waals surface area contributed by atoms with Crippen LogP contribution in [-0.2, 0) is 0 Å². The van der Waals surface area contributed by atoms with Crippen molar-refractivity contribution in [3.8, 4) is 11.8 Å². The maximum atomic E-state index is 12.7. The summed E-state index contributed by atoms with van der Waals surface area (Å²) < 4.78 is 0. The van der Waals surface area contributed by atoms with Crippen LogP contribution in [0.15, 0.2) is 48.5 Å². The summed E-state index contributed by atoms with van der Waals surface area (Å²) in [6.07, 6.45) is 1.92. The molecule has 156 valence electrons. The summed E-state index contributed by atoms with van der Waals surface area (Å²) in [7, 11) is 0. The van der Waals surface area contributed by atoms with Gasteiger partial charge in [-0.1, -0.05) is 12.1 Å². The van der Waals surface area contributed by atoms with E-state index in [1.807, 2.05) is 17.0 Å². The van der Waals surface area contributed by atoms with Gasteiger partial charge in [0.2, 0.25) is 0 Å². The van der Waals surface area contributed by atoms with Gasteiger partial charge in [0.25, 0.3) is 0 Å². The second-order valence-electron chi connectivity index (χ2n) is 8.73. The van der Waals surface area contributed by atoms with Crippen molar-refractivity contribution in [2.45, 2.75) is 38.8 Å². The van der Waals surface area contributed by atoms with Gasteiger partial charge in [-0.2, -0.15) is 5.26 Å². The topological polar surface area (TPSA) is 79.6 Å². The van der Waals surface area contributed by atoms with Crippen molar-refractivity contribution < 1.29 is 9.90 Å². The van der Waals surface area contributed by atoms with Crippen molar-refractivity contribution >= 4 is 11.7 Å². The van der Waals surface area contributed by atoms with Gasteiger partial charge in [-0.3, -0.25) is 4.90 Å². The lowest BCUT2D eigenvalue weighted by molar-refractivity contribution is -0.123. The van der Waals surface area contributed by atoms with Crippen molar-refractivity contribution in [2.75, 3.05) is 25.0 Å². The average Bonchev–Trinajstić information content (AvgIpc) is 2.74. The zero-order valence-electron chi connectivity index (χ0n) is 17.5. The molecule has 1 atom stereocenters. The van der Waals surface area contributed by atoms with Gasteiger partial charge in [-0.05, 0) is 68.7 Å². The third-order valence-corrected chi connectivity index (χ3v) is 6.59. The third-order valence-electron chi connectivity index (χ3n) is 6.59. The van der Waals surface area contributed by atoms with Crippen LogP contribution in [0.4, 0.5) is 10.5 Å². The highest BCUT2D eigenvalue weighted by Crippen LogP contribution is 2.55.